The molecule has 1 saturated carbocycles. The zero-order valence-corrected chi connectivity index (χ0v) is 9.87. The van der Waals surface area contributed by atoms with Gasteiger partial charge in [0.25, 0.3) is 0 Å². The van der Waals surface area contributed by atoms with Crippen LogP contribution in [0.3, 0.4) is 0 Å². The summed E-state index contributed by atoms with van der Waals surface area (Å²) >= 11 is 0. The minimum absolute atomic E-state index is 0.137. The van der Waals surface area contributed by atoms with E-state index in [1.165, 1.54) is 12.8 Å². The molecule has 0 spiro atoms. The third-order valence-corrected chi connectivity index (χ3v) is 2.95. The molecule has 1 fully saturated rings. The molecule has 1 aromatic rings. The molecule has 1 atom stereocenters. The SMILES string of the molecule is Nc1cnn(CC(O)CN(CCO)C2CC2)c1. The van der Waals surface area contributed by atoms with Crippen LogP contribution in [-0.4, -0.2) is 56.7 Å². The van der Waals surface area contributed by atoms with Crippen molar-refractivity contribution in [3.05, 3.63) is 12.4 Å². The summed E-state index contributed by atoms with van der Waals surface area (Å²) in [7, 11) is 0. The molecular weight excluding hydrogens is 220 g/mol. The quantitative estimate of drug-likeness (QED) is 0.585. The van der Waals surface area contributed by atoms with Crippen molar-refractivity contribution in [1.29, 1.82) is 0 Å². The van der Waals surface area contributed by atoms with Crippen LogP contribution in [0.25, 0.3) is 0 Å². The van der Waals surface area contributed by atoms with Gasteiger partial charge in [-0.3, -0.25) is 9.58 Å². The lowest BCUT2D eigenvalue weighted by Crippen LogP contribution is -2.38. The van der Waals surface area contributed by atoms with Gasteiger partial charge in [-0.05, 0) is 12.8 Å². The van der Waals surface area contributed by atoms with Crippen LogP contribution >= 0.6 is 0 Å². The van der Waals surface area contributed by atoms with E-state index in [1.807, 2.05) is 0 Å². The molecule has 1 aliphatic rings. The van der Waals surface area contributed by atoms with Gasteiger partial charge in [-0.2, -0.15) is 5.10 Å². The van der Waals surface area contributed by atoms with E-state index in [0.29, 0.717) is 31.4 Å². The molecule has 4 N–H and O–H groups in total. The second-order valence-corrected chi connectivity index (χ2v) is 4.60. The summed E-state index contributed by atoms with van der Waals surface area (Å²) in [5.74, 6) is 0. The number of anilines is 1. The third kappa shape index (κ3) is 3.69. The Hall–Kier alpha value is -1.11. The van der Waals surface area contributed by atoms with Crippen LogP contribution in [0.2, 0.25) is 0 Å². The minimum Gasteiger partial charge on any atom is -0.396 e. The molecule has 6 heteroatoms. The molecule has 0 aliphatic heterocycles. The molecular formula is C11H20N4O2. The van der Waals surface area contributed by atoms with E-state index in [0.717, 1.165) is 0 Å². The Morgan fingerprint density at radius 1 is 1.59 bits per heavy atom. The Labute approximate surface area is 101 Å². The maximum absolute atomic E-state index is 9.96. The number of aliphatic hydroxyl groups is 2. The first-order valence-corrected chi connectivity index (χ1v) is 6.00. The van der Waals surface area contributed by atoms with E-state index in [2.05, 4.69) is 10.00 Å². The largest absolute Gasteiger partial charge is 0.396 e. The Balaban J connectivity index is 1.80. The fraction of sp³-hybridized carbons (Fsp3) is 0.727. The van der Waals surface area contributed by atoms with Crippen molar-refractivity contribution in [2.75, 3.05) is 25.4 Å². The van der Waals surface area contributed by atoms with Gasteiger partial charge in [0.05, 0.1) is 31.1 Å². The van der Waals surface area contributed by atoms with Gasteiger partial charge in [0.15, 0.2) is 0 Å². The Kier molecular flexibility index (Phi) is 3.98. The predicted molar refractivity (Wildman–Crippen MR) is 64.3 cm³/mol. The highest BCUT2D eigenvalue weighted by Gasteiger charge is 2.29. The second-order valence-electron chi connectivity index (χ2n) is 4.60. The van der Waals surface area contributed by atoms with E-state index in [9.17, 15) is 5.11 Å². The molecule has 1 heterocycles. The molecule has 1 aromatic heterocycles. The fourth-order valence-corrected chi connectivity index (χ4v) is 2.01. The van der Waals surface area contributed by atoms with Gasteiger partial charge in [-0.25, -0.2) is 0 Å². The molecule has 1 unspecified atom stereocenters. The number of hydrogen-bond acceptors (Lipinski definition) is 5. The lowest BCUT2D eigenvalue weighted by atomic mass is 10.3. The lowest BCUT2D eigenvalue weighted by Gasteiger charge is -2.23. The van der Waals surface area contributed by atoms with Crippen LogP contribution in [0.5, 0.6) is 0 Å². The normalized spacial score (nSPS) is 17.6. The molecule has 0 saturated heterocycles. The van der Waals surface area contributed by atoms with Crippen molar-refractivity contribution >= 4 is 5.69 Å². The average molecular weight is 240 g/mol. The Morgan fingerprint density at radius 3 is 2.88 bits per heavy atom. The number of aromatic nitrogens is 2. The number of hydrogen-bond donors (Lipinski definition) is 3. The molecule has 0 radical (unpaired) electrons. The standard InChI is InChI=1S/C11H20N4O2/c12-9-5-13-15(6-9)8-11(17)7-14(3-4-16)10-1-2-10/h5-6,10-11,16-17H,1-4,7-8,12H2. The molecule has 17 heavy (non-hydrogen) atoms. The van der Waals surface area contributed by atoms with Gasteiger partial charge in [0, 0.05) is 25.3 Å². The summed E-state index contributed by atoms with van der Waals surface area (Å²) < 4.78 is 1.64. The average Bonchev–Trinajstić information content (AvgIpc) is 3.03. The van der Waals surface area contributed by atoms with E-state index >= 15 is 0 Å². The number of nitrogens with zero attached hydrogens (tertiary/aromatic N) is 3. The van der Waals surface area contributed by atoms with Crippen LogP contribution in [0.4, 0.5) is 5.69 Å². The monoisotopic (exact) mass is 240 g/mol. The topological polar surface area (TPSA) is 87.5 Å². The number of nitrogens with two attached hydrogens (primary N) is 1. The van der Waals surface area contributed by atoms with Gasteiger partial charge in [-0.1, -0.05) is 0 Å². The van der Waals surface area contributed by atoms with Crippen LogP contribution < -0.4 is 5.73 Å². The summed E-state index contributed by atoms with van der Waals surface area (Å²) in [4.78, 5) is 2.14. The van der Waals surface area contributed by atoms with E-state index in [4.69, 9.17) is 10.8 Å². The van der Waals surface area contributed by atoms with Crippen molar-refractivity contribution in [1.82, 2.24) is 14.7 Å². The van der Waals surface area contributed by atoms with Crippen LogP contribution in [0.15, 0.2) is 12.4 Å². The molecule has 0 bridgehead atoms. The van der Waals surface area contributed by atoms with Gasteiger partial charge < -0.3 is 15.9 Å². The highest BCUT2D eigenvalue weighted by Crippen LogP contribution is 2.26. The molecule has 96 valence electrons. The van der Waals surface area contributed by atoms with Crippen molar-refractivity contribution in [3.63, 3.8) is 0 Å². The van der Waals surface area contributed by atoms with Gasteiger partial charge in [0.2, 0.25) is 0 Å². The Morgan fingerprint density at radius 2 is 2.35 bits per heavy atom. The molecule has 0 aromatic carbocycles. The van der Waals surface area contributed by atoms with Crippen molar-refractivity contribution in [3.8, 4) is 0 Å². The van der Waals surface area contributed by atoms with Crippen molar-refractivity contribution in [2.45, 2.75) is 31.5 Å². The first-order chi connectivity index (χ1) is 8.19. The third-order valence-electron chi connectivity index (χ3n) is 2.95. The second kappa shape index (κ2) is 5.48. The summed E-state index contributed by atoms with van der Waals surface area (Å²) in [6.45, 7) is 1.78. The maximum Gasteiger partial charge on any atom is 0.0862 e. The predicted octanol–water partition coefficient (Wildman–Crippen LogP) is -0.717. The van der Waals surface area contributed by atoms with Gasteiger partial charge in [0.1, 0.15) is 0 Å². The molecule has 1 aliphatic carbocycles. The lowest BCUT2D eigenvalue weighted by molar-refractivity contribution is 0.0810. The zero-order valence-electron chi connectivity index (χ0n) is 9.87. The molecule has 2 rings (SSSR count). The maximum atomic E-state index is 9.96. The summed E-state index contributed by atoms with van der Waals surface area (Å²) in [6, 6.07) is 0.541. The van der Waals surface area contributed by atoms with Crippen LogP contribution in [0, 0.1) is 0 Å². The number of rotatable bonds is 7. The molecule has 6 nitrogen and oxygen atoms in total. The van der Waals surface area contributed by atoms with Gasteiger partial charge >= 0.3 is 0 Å². The van der Waals surface area contributed by atoms with Crippen molar-refractivity contribution < 1.29 is 10.2 Å². The Bertz CT molecular complexity index is 351. The highest BCUT2D eigenvalue weighted by molar-refractivity contribution is 5.30. The van der Waals surface area contributed by atoms with E-state index < -0.39 is 6.10 Å². The van der Waals surface area contributed by atoms with Crippen LogP contribution in [-0.2, 0) is 6.54 Å². The number of aliphatic hydroxyl groups excluding tert-OH is 2. The summed E-state index contributed by atoms with van der Waals surface area (Å²) in [5.41, 5.74) is 6.16. The first kappa shape index (κ1) is 12.3. The van der Waals surface area contributed by atoms with Crippen molar-refractivity contribution in [2.24, 2.45) is 0 Å². The molecule has 0 amide bonds. The fourth-order valence-electron chi connectivity index (χ4n) is 2.01. The first-order valence-electron chi connectivity index (χ1n) is 6.00. The van der Waals surface area contributed by atoms with E-state index in [-0.39, 0.29) is 6.61 Å². The summed E-state index contributed by atoms with van der Waals surface area (Å²) in [6.07, 6.45) is 5.13. The number of nitrogen functional groups attached to an aromatic ring is 1. The highest BCUT2D eigenvalue weighted by atomic mass is 16.3. The van der Waals surface area contributed by atoms with Crippen LogP contribution in [0.1, 0.15) is 12.8 Å². The minimum atomic E-state index is -0.485. The zero-order chi connectivity index (χ0) is 12.3. The van der Waals surface area contributed by atoms with E-state index in [1.54, 1.807) is 17.1 Å². The smallest absolute Gasteiger partial charge is 0.0862 e. The van der Waals surface area contributed by atoms with Gasteiger partial charge in [-0.15, -0.1) is 0 Å². The summed E-state index contributed by atoms with van der Waals surface area (Å²) in [5, 5.41) is 23.0.